The molecule has 5 atom stereocenters. The Labute approximate surface area is 225 Å². The minimum atomic E-state index is -0.860. The zero-order valence-electron chi connectivity index (χ0n) is 22.8. The second-order valence-electron chi connectivity index (χ2n) is 11.7. The Morgan fingerprint density at radius 2 is 2.00 bits per heavy atom. The van der Waals surface area contributed by atoms with Crippen LogP contribution in [0.2, 0.25) is 0 Å². The topological polar surface area (TPSA) is 97.2 Å². The van der Waals surface area contributed by atoms with Gasteiger partial charge in [-0.25, -0.2) is 4.79 Å². The van der Waals surface area contributed by atoms with Crippen molar-refractivity contribution < 1.29 is 24.3 Å². The van der Waals surface area contributed by atoms with Crippen LogP contribution in [-0.4, -0.2) is 49.1 Å². The van der Waals surface area contributed by atoms with Crippen molar-refractivity contribution in [1.82, 2.24) is 5.32 Å². The number of allylic oxidation sites excluding steroid dienone is 4. The molecule has 4 aliphatic carbocycles. The van der Waals surface area contributed by atoms with Crippen LogP contribution >= 0.6 is 0 Å². The van der Waals surface area contributed by atoms with Crippen LogP contribution in [0.1, 0.15) is 82.3 Å². The number of carbonyl (C=O) groups is 2. The first kappa shape index (κ1) is 26.8. The molecule has 0 saturated heterocycles. The smallest absolute Gasteiger partial charge is 0.387 e. The van der Waals surface area contributed by atoms with Crippen molar-refractivity contribution in [2.24, 2.45) is 22.4 Å². The summed E-state index contributed by atoms with van der Waals surface area (Å²) in [7, 11) is 1.69. The molecular formula is C31H40N2O5. The summed E-state index contributed by atoms with van der Waals surface area (Å²) in [6.07, 6.45) is 9.97. The van der Waals surface area contributed by atoms with E-state index in [-0.39, 0.29) is 17.1 Å². The van der Waals surface area contributed by atoms with Crippen molar-refractivity contribution in [2.75, 3.05) is 20.3 Å². The summed E-state index contributed by atoms with van der Waals surface area (Å²) in [4.78, 5) is 28.6. The maximum absolute atomic E-state index is 12.3. The average molecular weight is 521 g/mol. The van der Waals surface area contributed by atoms with Gasteiger partial charge in [-0.1, -0.05) is 48.3 Å². The number of rotatable bonds is 6. The molecule has 7 nitrogen and oxygen atoms in total. The summed E-state index contributed by atoms with van der Waals surface area (Å²) in [6, 6.07) is 8.27. The third-order valence-electron chi connectivity index (χ3n) is 9.67. The van der Waals surface area contributed by atoms with Crippen molar-refractivity contribution in [1.29, 1.82) is 0 Å². The van der Waals surface area contributed by atoms with E-state index in [9.17, 15) is 14.7 Å². The summed E-state index contributed by atoms with van der Waals surface area (Å²) >= 11 is 0. The van der Waals surface area contributed by atoms with Gasteiger partial charge in [-0.3, -0.25) is 9.63 Å². The lowest BCUT2D eigenvalue weighted by Crippen LogP contribution is -2.61. The van der Waals surface area contributed by atoms with Crippen molar-refractivity contribution in [3.05, 3.63) is 58.2 Å². The molecule has 2 fully saturated rings. The largest absolute Gasteiger partial charge is 0.433 e. The van der Waals surface area contributed by atoms with Gasteiger partial charge in [-0.05, 0) is 85.6 Å². The average Bonchev–Trinajstić information content (AvgIpc) is 2.89. The summed E-state index contributed by atoms with van der Waals surface area (Å²) in [6.45, 7) is 4.94. The Morgan fingerprint density at radius 3 is 2.74 bits per heavy atom. The van der Waals surface area contributed by atoms with E-state index in [1.807, 2.05) is 25.1 Å². The molecule has 7 heteroatoms. The van der Waals surface area contributed by atoms with E-state index in [4.69, 9.17) is 9.57 Å². The lowest BCUT2D eigenvalue weighted by atomic mass is 9.45. The monoisotopic (exact) mass is 520 g/mol. The van der Waals surface area contributed by atoms with Crippen LogP contribution in [0, 0.1) is 17.3 Å². The lowest BCUT2D eigenvalue weighted by molar-refractivity contribution is -0.187. The fourth-order valence-electron chi connectivity index (χ4n) is 7.88. The molecule has 4 aliphatic rings. The highest BCUT2D eigenvalue weighted by atomic mass is 16.7. The Kier molecular flexibility index (Phi) is 7.60. The number of hydrogen-bond donors (Lipinski definition) is 2. The van der Waals surface area contributed by atoms with Gasteiger partial charge in [-0.15, -0.1) is 0 Å². The third kappa shape index (κ3) is 4.75. The Hall–Kier alpha value is -2.77. The number of carbonyl (C=O) groups excluding carboxylic acids is 2. The molecule has 5 rings (SSSR count). The Balaban J connectivity index is 1.53. The molecule has 0 bridgehead atoms. The summed E-state index contributed by atoms with van der Waals surface area (Å²) < 4.78 is 5.60. The SMILES string of the molecule is CCNC(=O)O/N=C/c1ccc([C@H]2C[C@@]3(C)C(CCC[C@@]3(O)COC)C3CCC4=CC(=O)CCC4=C32)cc1. The fourth-order valence-corrected chi connectivity index (χ4v) is 7.88. The van der Waals surface area contributed by atoms with Crippen molar-refractivity contribution in [3.63, 3.8) is 0 Å². The van der Waals surface area contributed by atoms with Crippen molar-refractivity contribution in [2.45, 2.75) is 76.7 Å². The quantitative estimate of drug-likeness (QED) is 0.296. The predicted molar refractivity (Wildman–Crippen MR) is 146 cm³/mol. The molecule has 1 aromatic carbocycles. The Morgan fingerprint density at radius 1 is 1.21 bits per heavy atom. The van der Waals surface area contributed by atoms with Crippen LogP contribution in [0.3, 0.4) is 0 Å². The van der Waals surface area contributed by atoms with E-state index in [0.29, 0.717) is 31.4 Å². The van der Waals surface area contributed by atoms with E-state index in [0.717, 1.165) is 50.5 Å². The van der Waals surface area contributed by atoms with Crippen molar-refractivity contribution in [3.8, 4) is 0 Å². The van der Waals surface area contributed by atoms with Crippen LogP contribution in [-0.2, 0) is 14.4 Å². The number of nitrogens with one attached hydrogen (secondary N) is 1. The number of hydrogen-bond acceptors (Lipinski definition) is 6. The van der Waals surface area contributed by atoms with Gasteiger partial charge in [0.15, 0.2) is 5.78 Å². The summed E-state index contributed by atoms with van der Waals surface area (Å²) in [5.41, 5.74) is 5.05. The number of amides is 1. The molecule has 2 unspecified atom stereocenters. The second-order valence-corrected chi connectivity index (χ2v) is 11.7. The van der Waals surface area contributed by atoms with Crippen LogP contribution in [0.15, 0.2) is 52.2 Å². The maximum Gasteiger partial charge on any atom is 0.433 e. The fraction of sp³-hybridized carbons (Fsp3) is 0.581. The normalized spacial score (nSPS) is 32.8. The standard InChI is InChI=1S/C31H40N2O5/c1-4-32-29(35)38-33-18-20-7-9-21(10-8-20)26-17-30(2)27(6-5-15-31(30,36)19-37-3)25-13-11-22-16-23(34)12-14-24(22)28(25)26/h7-10,16,18,25-27,36H,4-6,11-15,17,19H2,1-3H3,(H,32,35)/b33-18+/t25?,26-,27?,30+,31-/m1/s1. The van der Waals surface area contributed by atoms with Crippen molar-refractivity contribution >= 4 is 18.1 Å². The number of aliphatic hydroxyl groups is 1. The molecule has 2 N–H and O–H groups in total. The number of fused-ring (bicyclic) bond motifs is 4. The van der Waals surface area contributed by atoms with Gasteiger partial charge in [0, 0.05) is 31.4 Å². The van der Waals surface area contributed by atoms with Gasteiger partial charge in [0.1, 0.15) is 0 Å². The highest BCUT2D eigenvalue weighted by Crippen LogP contribution is 2.65. The van der Waals surface area contributed by atoms with Gasteiger partial charge in [0.25, 0.3) is 0 Å². The maximum atomic E-state index is 12.3. The van der Waals surface area contributed by atoms with E-state index < -0.39 is 11.7 Å². The number of methoxy groups -OCH3 is 1. The molecule has 0 radical (unpaired) electrons. The van der Waals surface area contributed by atoms with E-state index in [2.05, 4.69) is 29.5 Å². The lowest BCUT2D eigenvalue weighted by Gasteiger charge is -2.61. The molecular weight excluding hydrogens is 480 g/mol. The molecule has 0 aliphatic heterocycles. The first-order valence-electron chi connectivity index (χ1n) is 14.1. The molecule has 0 heterocycles. The zero-order valence-corrected chi connectivity index (χ0v) is 22.8. The number of ether oxygens (including phenoxy) is 1. The van der Waals surface area contributed by atoms with Gasteiger partial charge in [-0.2, -0.15) is 0 Å². The zero-order chi connectivity index (χ0) is 26.9. The van der Waals surface area contributed by atoms with Gasteiger partial charge in [0.2, 0.25) is 0 Å². The van der Waals surface area contributed by atoms with E-state index in [1.54, 1.807) is 7.11 Å². The highest BCUT2D eigenvalue weighted by Gasteiger charge is 2.60. The number of ketones is 1. The molecule has 38 heavy (non-hydrogen) atoms. The first-order chi connectivity index (χ1) is 18.3. The molecule has 1 amide bonds. The molecule has 0 spiro atoms. The first-order valence-corrected chi connectivity index (χ1v) is 14.1. The minimum Gasteiger partial charge on any atom is -0.387 e. The van der Waals surface area contributed by atoms with Gasteiger partial charge < -0.3 is 15.2 Å². The summed E-state index contributed by atoms with van der Waals surface area (Å²) in [5.74, 6) is 1.19. The highest BCUT2D eigenvalue weighted by molar-refractivity contribution is 5.93. The molecule has 1 aromatic rings. The van der Waals surface area contributed by atoms with Crippen LogP contribution in [0.5, 0.6) is 0 Å². The van der Waals surface area contributed by atoms with Gasteiger partial charge in [0.05, 0.1) is 18.4 Å². The second kappa shape index (κ2) is 10.8. The van der Waals surface area contributed by atoms with Crippen LogP contribution in [0.25, 0.3) is 0 Å². The van der Waals surface area contributed by atoms with Crippen LogP contribution in [0.4, 0.5) is 4.79 Å². The number of oxime groups is 1. The number of benzene rings is 1. The molecule has 2 saturated carbocycles. The van der Waals surface area contributed by atoms with Crippen LogP contribution < -0.4 is 5.32 Å². The van der Waals surface area contributed by atoms with Gasteiger partial charge >= 0.3 is 6.09 Å². The summed E-state index contributed by atoms with van der Waals surface area (Å²) in [5, 5.41) is 18.4. The third-order valence-corrected chi connectivity index (χ3v) is 9.67. The Bertz CT molecular complexity index is 1170. The number of nitrogens with zero attached hydrogens (tertiary/aromatic N) is 1. The minimum absolute atomic E-state index is 0.159. The van der Waals surface area contributed by atoms with E-state index in [1.165, 1.54) is 28.5 Å². The molecule has 204 valence electrons. The predicted octanol–water partition coefficient (Wildman–Crippen LogP) is 5.43. The van der Waals surface area contributed by atoms with E-state index >= 15 is 0 Å². The molecule has 0 aromatic heterocycles.